The van der Waals surface area contributed by atoms with Crippen molar-refractivity contribution in [3.63, 3.8) is 0 Å². The number of aromatic nitrogens is 2. The number of fused-ring (bicyclic) bond motifs is 5. The highest BCUT2D eigenvalue weighted by Gasteiger charge is 2.27. The Hall–Kier alpha value is -0.830. The van der Waals surface area contributed by atoms with E-state index in [1.165, 1.54) is 55.6 Å². The summed E-state index contributed by atoms with van der Waals surface area (Å²) in [7, 11) is 0. The van der Waals surface area contributed by atoms with Crippen molar-refractivity contribution in [2.75, 3.05) is 0 Å². The summed E-state index contributed by atoms with van der Waals surface area (Å²) in [6.07, 6.45) is 9.04. The first-order valence-electron chi connectivity index (χ1n) is 6.87. The summed E-state index contributed by atoms with van der Waals surface area (Å²) >= 11 is 1.94. The summed E-state index contributed by atoms with van der Waals surface area (Å²) in [6, 6.07) is 0. The van der Waals surface area contributed by atoms with Gasteiger partial charge in [0.05, 0.1) is 5.69 Å². The van der Waals surface area contributed by atoms with E-state index >= 15 is 0 Å². The van der Waals surface area contributed by atoms with Crippen LogP contribution in [-0.2, 0) is 25.7 Å². The van der Waals surface area contributed by atoms with Crippen molar-refractivity contribution < 1.29 is 0 Å². The lowest BCUT2D eigenvalue weighted by atomic mass is 9.88. The van der Waals surface area contributed by atoms with Gasteiger partial charge in [-0.25, -0.2) is 4.98 Å². The van der Waals surface area contributed by atoms with Crippen LogP contribution in [0.3, 0.4) is 0 Å². The van der Waals surface area contributed by atoms with E-state index in [2.05, 4.69) is 11.3 Å². The Balaban J connectivity index is 1.91. The van der Waals surface area contributed by atoms with Crippen molar-refractivity contribution in [3.05, 3.63) is 22.0 Å². The number of hydrogen-bond acceptors (Lipinski definition) is 2. The van der Waals surface area contributed by atoms with E-state index in [1.54, 1.807) is 16.3 Å². The zero-order valence-electron chi connectivity index (χ0n) is 10.3. The van der Waals surface area contributed by atoms with Gasteiger partial charge in [-0.3, -0.25) is 4.40 Å². The maximum Gasteiger partial charge on any atom is 0.194 e. The molecule has 2 nitrogen and oxygen atoms in total. The average Bonchev–Trinajstić information content (AvgIpc) is 2.96. The molecule has 0 fully saturated rings. The fraction of sp³-hybridized carbons (Fsp3) is 0.643. The Bertz CT molecular complexity index is 579. The molecule has 0 aromatic carbocycles. The molecular weight excluding hydrogens is 228 g/mol. The van der Waals surface area contributed by atoms with E-state index in [9.17, 15) is 0 Å². The molecular formula is C14H18N2S. The van der Waals surface area contributed by atoms with Crippen LogP contribution in [0.2, 0.25) is 0 Å². The van der Waals surface area contributed by atoms with Crippen LogP contribution in [0, 0.1) is 5.92 Å². The summed E-state index contributed by atoms with van der Waals surface area (Å²) in [5, 5.41) is 0. The lowest BCUT2D eigenvalue weighted by molar-refractivity contribution is 0.434. The minimum absolute atomic E-state index is 0.888. The van der Waals surface area contributed by atoms with Crippen LogP contribution in [0.5, 0.6) is 0 Å². The van der Waals surface area contributed by atoms with Gasteiger partial charge in [0.25, 0.3) is 0 Å². The summed E-state index contributed by atoms with van der Waals surface area (Å²) in [5.41, 5.74) is 4.55. The third-order valence-electron chi connectivity index (χ3n) is 4.50. The van der Waals surface area contributed by atoms with Gasteiger partial charge in [0.1, 0.15) is 0 Å². The van der Waals surface area contributed by atoms with Crippen molar-refractivity contribution in [1.82, 2.24) is 9.38 Å². The van der Waals surface area contributed by atoms with E-state index < -0.39 is 0 Å². The molecule has 2 aliphatic rings. The van der Waals surface area contributed by atoms with Gasteiger partial charge in [-0.1, -0.05) is 13.3 Å². The van der Waals surface area contributed by atoms with Crippen molar-refractivity contribution in [2.24, 2.45) is 5.92 Å². The summed E-state index contributed by atoms with van der Waals surface area (Å²) < 4.78 is 2.52. The standard InChI is InChI=1S/C14H18N2S/c1-2-9-6-7-10-12(8-9)16-11-4-3-5-13(11)17-14(16)15-10/h9H,2-8H2,1H3. The second-order valence-electron chi connectivity index (χ2n) is 5.47. The Morgan fingerprint density at radius 3 is 3.12 bits per heavy atom. The molecule has 2 aromatic heterocycles. The molecule has 2 aromatic rings. The van der Waals surface area contributed by atoms with E-state index in [0.29, 0.717) is 0 Å². The molecule has 0 saturated heterocycles. The molecule has 0 spiro atoms. The van der Waals surface area contributed by atoms with Crippen LogP contribution in [0.1, 0.15) is 48.1 Å². The maximum atomic E-state index is 4.87. The second kappa shape index (κ2) is 3.58. The summed E-state index contributed by atoms with van der Waals surface area (Å²) in [6.45, 7) is 2.33. The quantitative estimate of drug-likeness (QED) is 0.754. The lowest BCUT2D eigenvalue weighted by Crippen LogP contribution is -2.15. The Morgan fingerprint density at radius 1 is 1.29 bits per heavy atom. The number of imidazole rings is 1. The predicted octanol–water partition coefficient (Wildman–Crippen LogP) is 3.40. The SMILES string of the molecule is CCC1CCc2nc3sc4c(n3c2C1)CCC4. The molecule has 0 saturated carbocycles. The average molecular weight is 246 g/mol. The molecule has 2 heterocycles. The molecule has 3 heteroatoms. The predicted molar refractivity (Wildman–Crippen MR) is 70.9 cm³/mol. The fourth-order valence-electron chi connectivity index (χ4n) is 3.45. The molecule has 0 N–H and O–H groups in total. The van der Waals surface area contributed by atoms with E-state index in [-0.39, 0.29) is 0 Å². The first kappa shape index (κ1) is 10.1. The van der Waals surface area contributed by atoms with E-state index in [0.717, 1.165) is 5.92 Å². The van der Waals surface area contributed by atoms with Crippen molar-refractivity contribution in [3.8, 4) is 0 Å². The number of aryl methyl sites for hydroxylation is 3. The van der Waals surface area contributed by atoms with Gasteiger partial charge in [0, 0.05) is 16.3 Å². The monoisotopic (exact) mass is 246 g/mol. The van der Waals surface area contributed by atoms with Crippen LogP contribution >= 0.6 is 11.3 Å². The lowest BCUT2D eigenvalue weighted by Gasteiger charge is -2.20. The molecule has 1 unspecified atom stereocenters. The Labute approximate surface area is 106 Å². The van der Waals surface area contributed by atoms with Crippen molar-refractivity contribution in [2.45, 2.75) is 51.9 Å². The third-order valence-corrected chi connectivity index (χ3v) is 5.64. The van der Waals surface area contributed by atoms with Crippen LogP contribution in [0.15, 0.2) is 0 Å². The molecule has 2 aliphatic carbocycles. The fourth-order valence-corrected chi connectivity index (χ4v) is 4.70. The first-order chi connectivity index (χ1) is 8.36. The smallest absolute Gasteiger partial charge is 0.194 e. The van der Waals surface area contributed by atoms with Crippen molar-refractivity contribution >= 4 is 16.3 Å². The molecule has 4 rings (SSSR count). The molecule has 0 amide bonds. The number of rotatable bonds is 1. The van der Waals surface area contributed by atoms with E-state index in [4.69, 9.17) is 4.98 Å². The topological polar surface area (TPSA) is 17.3 Å². The zero-order valence-corrected chi connectivity index (χ0v) is 11.1. The largest absolute Gasteiger partial charge is 0.291 e. The molecule has 0 aliphatic heterocycles. The highest BCUT2D eigenvalue weighted by Crippen LogP contribution is 2.36. The molecule has 0 bridgehead atoms. The van der Waals surface area contributed by atoms with Crippen LogP contribution < -0.4 is 0 Å². The van der Waals surface area contributed by atoms with Gasteiger partial charge in [-0.05, 0) is 44.4 Å². The van der Waals surface area contributed by atoms with E-state index in [1.807, 2.05) is 11.3 Å². The molecule has 0 radical (unpaired) electrons. The first-order valence-corrected chi connectivity index (χ1v) is 7.69. The summed E-state index contributed by atoms with van der Waals surface area (Å²) in [5.74, 6) is 0.888. The Kier molecular flexibility index (Phi) is 2.13. The summed E-state index contributed by atoms with van der Waals surface area (Å²) in [4.78, 5) is 7.75. The second-order valence-corrected chi connectivity index (χ2v) is 6.53. The van der Waals surface area contributed by atoms with Gasteiger partial charge in [-0.2, -0.15) is 0 Å². The highest BCUT2D eigenvalue weighted by atomic mass is 32.1. The van der Waals surface area contributed by atoms with Gasteiger partial charge >= 0.3 is 0 Å². The normalized spacial score (nSPS) is 23.0. The van der Waals surface area contributed by atoms with Crippen molar-refractivity contribution in [1.29, 1.82) is 0 Å². The minimum atomic E-state index is 0.888. The molecule has 1 atom stereocenters. The zero-order chi connectivity index (χ0) is 11.4. The number of hydrogen-bond donors (Lipinski definition) is 0. The third kappa shape index (κ3) is 1.35. The minimum Gasteiger partial charge on any atom is -0.291 e. The Morgan fingerprint density at radius 2 is 2.24 bits per heavy atom. The van der Waals surface area contributed by atoms with Gasteiger partial charge in [-0.15, -0.1) is 11.3 Å². The number of thiazole rings is 1. The van der Waals surface area contributed by atoms with Crippen LogP contribution in [0.25, 0.3) is 4.96 Å². The maximum absolute atomic E-state index is 4.87. The van der Waals surface area contributed by atoms with Gasteiger partial charge < -0.3 is 0 Å². The molecule has 90 valence electrons. The van der Waals surface area contributed by atoms with Gasteiger partial charge in [0.2, 0.25) is 0 Å². The molecule has 17 heavy (non-hydrogen) atoms. The van der Waals surface area contributed by atoms with Gasteiger partial charge in [0.15, 0.2) is 4.96 Å². The van der Waals surface area contributed by atoms with Crippen LogP contribution in [0.4, 0.5) is 0 Å². The highest BCUT2D eigenvalue weighted by molar-refractivity contribution is 7.17. The van der Waals surface area contributed by atoms with Crippen LogP contribution in [-0.4, -0.2) is 9.38 Å². The number of nitrogens with zero attached hydrogens (tertiary/aromatic N) is 2.